The van der Waals surface area contributed by atoms with E-state index in [9.17, 15) is 14.9 Å². The minimum Gasteiger partial charge on any atom is -0.497 e. The number of amides is 2. The molecule has 0 aliphatic heterocycles. The van der Waals surface area contributed by atoms with Crippen LogP contribution >= 0.6 is 0 Å². The molecule has 160 valence electrons. The molecular weight excluding hydrogens is 400 g/mol. The summed E-state index contributed by atoms with van der Waals surface area (Å²) in [5, 5.41) is 14.3. The molecule has 0 saturated carbocycles. The lowest BCUT2D eigenvalue weighted by atomic mass is 10.1. The van der Waals surface area contributed by atoms with Crippen molar-refractivity contribution in [2.45, 2.75) is 6.42 Å². The fourth-order valence-corrected chi connectivity index (χ4v) is 3.06. The van der Waals surface area contributed by atoms with Gasteiger partial charge in [-0.1, -0.05) is 18.2 Å². The van der Waals surface area contributed by atoms with Crippen molar-refractivity contribution in [3.05, 3.63) is 82.5 Å². The molecule has 3 rings (SSSR count). The molecule has 2 amide bonds. The molecule has 0 unspecified atom stereocenters. The third kappa shape index (κ3) is 5.08. The number of ether oxygens (including phenoxy) is 2. The second-order valence-electron chi connectivity index (χ2n) is 6.43. The highest BCUT2D eigenvalue weighted by molar-refractivity contribution is 6.00. The van der Waals surface area contributed by atoms with E-state index in [0.29, 0.717) is 24.4 Å². The number of urea groups is 1. The molecule has 9 nitrogen and oxygen atoms in total. The Bertz CT molecular complexity index is 1060. The predicted molar refractivity (Wildman–Crippen MR) is 116 cm³/mol. The number of hydrogen-bond acceptors (Lipinski definition) is 6. The standard InChI is InChI=1S/C22H22N4O5/c1-30-18-11-9-17(10-12-18)25(21-19(26(28)29)7-5-14-23-21)22(27)24-15-13-16-6-3-4-8-20(16)31-2/h3-12,14H,13,15H2,1-2H3,(H,24,27). The lowest BCUT2D eigenvalue weighted by molar-refractivity contribution is -0.384. The van der Waals surface area contributed by atoms with Crippen LogP contribution in [0.5, 0.6) is 11.5 Å². The lowest BCUT2D eigenvalue weighted by Gasteiger charge is -2.22. The van der Waals surface area contributed by atoms with E-state index in [2.05, 4.69) is 10.3 Å². The molecule has 3 aromatic rings. The van der Waals surface area contributed by atoms with Gasteiger partial charge in [0, 0.05) is 18.8 Å². The monoisotopic (exact) mass is 422 g/mol. The van der Waals surface area contributed by atoms with E-state index < -0.39 is 11.0 Å². The van der Waals surface area contributed by atoms with E-state index in [1.807, 2.05) is 24.3 Å². The summed E-state index contributed by atoms with van der Waals surface area (Å²) >= 11 is 0. The van der Waals surface area contributed by atoms with Crippen molar-refractivity contribution in [2.75, 3.05) is 25.7 Å². The van der Waals surface area contributed by atoms with Gasteiger partial charge in [0.1, 0.15) is 11.5 Å². The molecular formula is C22H22N4O5. The lowest BCUT2D eigenvalue weighted by Crippen LogP contribution is -2.38. The number of benzene rings is 2. The smallest absolute Gasteiger partial charge is 0.327 e. The van der Waals surface area contributed by atoms with Crippen LogP contribution in [-0.2, 0) is 6.42 Å². The molecule has 0 aliphatic rings. The predicted octanol–water partition coefficient (Wildman–Crippen LogP) is 4.10. The molecule has 9 heteroatoms. The van der Waals surface area contributed by atoms with Gasteiger partial charge in [-0.05, 0) is 48.4 Å². The highest BCUT2D eigenvalue weighted by Gasteiger charge is 2.27. The summed E-state index contributed by atoms with van der Waals surface area (Å²) in [6.45, 7) is 0.298. The molecule has 1 N–H and O–H groups in total. The van der Waals surface area contributed by atoms with E-state index in [-0.39, 0.29) is 11.5 Å². The van der Waals surface area contributed by atoms with Crippen LogP contribution in [0, 0.1) is 10.1 Å². The molecule has 0 bridgehead atoms. The number of rotatable bonds is 8. The van der Waals surface area contributed by atoms with E-state index in [0.717, 1.165) is 11.3 Å². The number of anilines is 2. The van der Waals surface area contributed by atoms with Gasteiger partial charge < -0.3 is 14.8 Å². The third-order valence-corrected chi connectivity index (χ3v) is 4.57. The molecule has 31 heavy (non-hydrogen) atoms. The number of aromatic nitrogens is 1. The summed E-state index contributed by atoms with van der Waals surface area (Å²) in [5.41, 5.74) is 1.07. The molecule has 0 fully saturated rings. The van der Waals surface area contributed by atoms with Crippen molar-refractivity contribution >= 4 is 23.2 Å². The van der Waals surface area contributed by atoms with Crippen LogP contribution in [0.25, 0.3) is 0 Å². The van der Waals surface area contributed by atoms with Gasteiger partial charge >= 0.3 is 11.7 Å². The van der Waals surface area contributed by atoms with Crippen LogP contribution in [0.15, 0.2) is 66.9 Å². The van der Waals surface area contributed by atoms with E-state index in [4.69, 9.17) is 9.47 Å². The van der Waals surface area contributed by atoms with Gasteiger partial charge in [-0.15, -0.1) is 0 Å². The Morgan fingerprint density at radius 1 is 1.06 bits per heavy atom. The second kappa shape index (κ2) is 10.1. The zero-order chi connectivity index (χ0) is 22.2. The Balaban J connectivity index is 1.87. The number of carbonyl (C=O) groups is 1. The second-order valence-corrected chi connectivity index (χ2v) is 6.43. The summed E-state index contributed by atoms with van der Waals surface area (Å²) in [4.78, 5) is 29.3. The number of hydrogen-bond donors (Lipinski definition) is 1. The third-order valence-electron chi connectivity index (χ3n) is 4.57. The molecule has 0 spiro atoms. The minimum absolute atomic E-state index is 0.0764. The van der Waals surface area contributed by atoms with Gasteiger partial charge in [0.15, 0.2) is 0 Å². The van der Waals surface area contributed by atoms with Crippen LogP contribution in [0.4, 0.5) is 22.0 Å². The normalized spacial score (nSPS) is 10.3. The summed E-state index contributed by atoms with van der Waals surface area (Å²) in [6.07, 6.45) is 1.93. The molecule has 1 aromatic heterocycles. The summed E-state index contributed by atoms with van der Waals surface area (Å²) in [6, 6.07) is 16.3. The Labute approximate surface area is 179 Å². The number of carbonyl (C=O) groups excluding carboxylic acids is 1. The van der Waals surface area contributed by atoms with Crippen LogP contribution in [-0.4, -0.2) is 36.7 Å². The number of para-hydroxylation sites is 1. The number of nitro groups is 1. The molecule has 0 aliphatic carbocycles. The van der Waals surface area contributed by atoms with E-state index >= 15 is 0 Å². The average molecular weight is 422 g/mol. The van der Waals surface area contributed by atoms with Crippen LogP contribution in [0.1, 0.15) is 5.56 Å². The molecule has 2 aromatic carbocycles. The van der Waals surface area contributed by atoms with Crippen molar-refractivity contribution in [2.24, 2.45) is 0 Å². The number of nitrogens with one attached hydrogen (secondary N) is 1. The van der Waals surface area contributed by atoms with Crippen LogP contribution < -0.4 is 19.7 Å². The molecule has 0 radical (unpaired) electrons. The van der Waals surface area contributed by atoms with E-state index in [1.54, 1.807) is 31.4 Å². The minimum atomic E-state index is -0.568. The van der Waals surface area contributed by atoms with Gasteiger partial charge in [-0.25, -0.2) is 14.7 Å². The summed E-state index contributed by atoms with van der Waals surface area (Å²) in [7, 11) is 3.12. The molecule has 0 saturated heterocycles. The van der Waals surface area contributed by atoms with Crippen molar-refractivity contribution in [1.82, 2.24) is 10.3 Å². The maximum atomic E-state index is 13.1. The molecule has 0 atom stereocenters. The first kappa shape index (κ1) is 21.6. The summed E-state index contributed by atoms with van der Waals surface area (Å²) in [5.74, 6) is 1.24. The van der Waals surface area contributed by atoms with E-state index in [1.165, 1.54) is 30.3 Å². The zero-order valence-corrected chi connectivity index (χ0v) is 17.1. The van der Waals surface area contributed by atoms with Gasteiger partial charge in [-0.3, -0.25) is 10.1 Å². The van der Waals surface area contributed by atoms with Gasteiger partial charge in [0.05, 0.1) is 24.8 Å². The van der Waals surface area contributed by atoms with Crippen molar-refractivity contribution in [3.8, 4) is 11.5 Å². The number of pyridine rings is 1. The first-order chi connectivity index (χ1) is 15.0. The largest absolute Gasteiger partial charge is 0.497 e. The Morgan fingerprint density at radius 2 is 1.81 bits per heavy atom. The molecule has 1 heterocycles. The highest BCUT2D eigenvalue weighted by atomic mass is 16.6. The van der Waals surface area contributed by atoms with Crippen molar-refractivity contribution in [3.63, 3.8) is 0 Å². The first-order valence-corrected chi connectivity index (χ1v) is 9.48. The Kier molecular flexibility index (Phi) is 7.00. The average Bonchev–Trinajstić information content (AvgIpc) is 2.80. The Hall–Kier alpha value is -4.14. The van der Waals surface area contributed by atoms with Gasteiger partial charge in [0.2, 0.25) is 5.82 Å². The first-order valence-electron chi connectivity index (χ1n) is 9.48. The SMILES string of the molecule is COc1ccc(N(C(=O)NCCc2ccccc2OC)c2ncccc2[N+](=O)[O-])cc1. The van der Waals surface area contributed by atoms with Gasteiger partial charge in [-0.2, -0.15) is 0 Å². The van der Waals surface area contributed by atoms with Crippen molar-refractivity contribution in [1.29, 1.82) is 0 Å². The summed E-state index contributed by atoms with van der Waals surface area (Å²) < 4.78 is 10.5. The topological polar surface area (TPSA) is 107 Å². The van der Waals surface area contributed by atoms with Crippen LogP contribution in [0.2, 0.25) is 0 Å². The number of nitrogens with zero attached hydrogens (tertiary/aromatic N) is 3. The van der Waals surface area contributed by atoms with Gasteiger partial charge in [0.25, 0.3) is 0 Å². The fourth-order valence-electron chi connectivity index (χ4n) is 3.06. The highest BCUT2D eigenvalue weighted by Crippen LogP contribution is 2.32. The number of methoxy groups -OCH3 is 2. The van der Waals surface area contributed by atoms with Crippen LogP contribution in [0.3, 0.4) is 0 Å². The van der Waals surface area contributed by atoms with Crippen molar-refractivity contribution < 1.29 is 19.2 Å². The fraction of sp³-hybridized carbons (Fsp3) is 0.182. The Morgan fingerprint density at radius 3 is 2.48 bits per heavy atom. The zero-order valence-electron chi connectivity index (χ0n) is 17.1. The maximum absolute atomic E-state index is 13.1. The quantitative estimate of drug-likeness (QED) is 0.433. The maximum Gasteiger partial charge on any atom is 0.327 e.